The summed E-state index contributed by atoms with van der Waals surface area (Å²) in [5.41, 5.74) is 8.19. The van der Waals surface area contributed by atoms with Crippen LogP contribution in [0.2, 0.25) is 0 Å². The van der Waals surface area contributed by atoms with Crippen molar-refractivity contribution in [1.29, 1.82) is 0 Å². The fourth-order valence-electron chi connectivity index (χ4n) is 5.00. The molecule has 50 heavy (non-hydrogen) atoms. The standard InChI is InChI=1S/C17H16N2O.C17H16N2S.C7H5NS2/c2*1-19(2)15(12-13-8-4-3-5-9-13)17-18-14-10-6-7-11-16(14)20-17;9-7-8-5-3-1-2-4-6(5)10-7/h2*3-12H,1-2H3;1-4H,(H,8,9). The van der Waals surface area contributed by atoms with Gasteiger partial charge in [0, 0.05) is 28.2 Å². The quantitative estimate of drug-likeness (QED) is 0.173. The minimum absolute atomic E-state index is 0.639. The Morgan fingerprint density at radius 1 is 0.540 bits per heavy atom. The lowest BCUT2D eigenvalue weighted by Gasteiger charge is -2.14. The Morgan fingerprint density at radius 2 is 1.02 bits per heavy atom. The van der Waals surface area contributed by atoms with Crippen LogP contribution < -0.4 is 0 Å². The molecule has 0 aliphatic heterocycles. The summed E-state index contributed by atoms with van der Waals surface area (Å²) in [6, 6.07) is 44.6. The maximum absolute atomic E-state index is 5.84. The van der Waals surface area contributed by atoms with E-state index < -0.39 is 0 Å². The van der Waals surface area contributed by atoms with E-state index in [0.29, 0.717) is 5.89 Å². The minimum Gasteiger partial charge on any atom is -0.435 e. The van der Waals surface area contributed by atoms with Crippen LogP contribution in [-0.2, 0) is 0 Å². The van der Waals surface area contributed by atoms with Crippen LogP contribution in [0.25, 0.3) is 55.1 Å². The molecule has 3 heterocycles. The zero-order valence-corrected chi connectivity index (χ0v) is 30.8. The van der Waals surface area contributed by atoms with E-state index in [4.69, 9.17) is 9.40 Å². The van der Waals surface area contributed by atoms with Crippen molar-refractivity contribution in [2.24, 2.45) is 0 Å². The molecule has 0 amide bonds. The average molecular weight is 712 g/mol. The molecule has 0 fully saturated rings. The topological polar surface area (TPSA) is 58.3 Å². The first kappa shape index (κ1) is 34.6. The highest BCUT2D eigenvalue weighted by Gasteiger charge is 2.13. The molecule has 0 spiro atoms. The van der Waals surface area contributed by atoms with E-state index in [0.717, 1.165) is 48.4 Å². The fourth-order valence-corrected chi connectivity index (χ4v) is 7.17. The van der Waals surface area contributed by atoms with E-state index in [-0.39, 0.29) is 0 Å². The van der Waals surface area contributed by atoms with E-state index >= 15 is 0 Å². The van der Waals surface area contributed by atoms with Crippen LogP contribution in [0.3, 0.4) is 0 Å². The maximum atomic E-state index is 5.84. The van der Waals surface area contributed by atoms with Crippen molar-refractivity contribution in [1.82, 2.24) is 24.8 Å². The van der Waals surface area contributed by atoms with Gasteiger partial charge in [-0.25, -0.2) is 15.0 Å². The molecule has 0 saturated carbocycles. The number of fused-ring (bicyclic) bond motifs is 3. The van der Waals surface area contributed by atoms with Crippen molar-refractivity contribution in [3.63, 3.8) is 0 Å². The first-order valence-corrected chi connectivity index (χ1v) is 18.1. The van der Waals surface area contributed by atoms with Crippen molar-refractivity contribution < 1.29 is 4.42 Å². The molecule has 6 nitrogen and oxygen atoms in total. The van der Waals surface area contributed by atoms with Crippen LogP contribution in [0.15, 0.2) is 142 Å². The SMILES string of the molecule is CN(C)C(=Cc1ccccc1)c1nc2ccccc2o1.CN(C)C(=Cc1ccccc1)c1nc2ccccc2s1.Sc1nc2ccccc2s1. The number of thiol groups is 1. The van der Waals surface area contributed by atoms with E-state index in [9.17, 15) is 0 Å². The highest BCUT2D eigenvalue weighted by molar-refractivity contribution is 7.82. The van der Waals surface area contributed by atoms with E-state index in [1.54, 1.807) is 22.7 Å². The molecule has 0 bridgehead atoms. The van der Waals surface area contributed by atoms with Crippen LogP contribution in [0.5, 0.6) is 0 Å². The van der Waals surface area contributed by atoms with Gasteiger partial charge in [0.25, 0.3) is 0 Å². The highest BCUT2D eigenvalue weighted by atomic mass is 32.2. The second-order valence-corrected chi connectivity index (χ2v) is 14.4. The summed E-state index contributed by atoms with van der Waals surface area (Å²) in [5.74, 6) is 0.639. The number of benzene rings is 5. The molecule has 9 heteroatoms. The molecule has 0 aliphatic rings. The van der Waals surface area contributed by atoms with Gasteiger partial charge in [0.1, 0.15) is 20.6 Å². The van der Waals surface area contributed by atoms with Crippen molar-refractivity contribution in [2.45, 2.75) is 4.34 Å². The van der Waals surface area contributed by atoms with Gasteiger partial charge in [-0.1, -0.05) is 97.1 Å². The van der Waals surface area contributed by atoms with Gasteiger partial charge in [0.05, 0.1) is 26.1 Å². The summed E-state index contributed by atoms with van der Waals surface area (Å²) in [5, 5.41) is 1.06. The molecule has 0 saturated heterocycles. The Hall–Kier alpha value is -5.22. The van der Waals surface area contributed by atoms with Crippen LogP contribution in [0, 0.1) is 0 Å². The molecule has 5 aromatic carbocycles. The first-order valence-electron chi connectivity index (χ1n) is 16.0. The molecular formula is C41H37N5OS3. The molecule has 8 aromatic rings. The Kier molecular flexibility index (Phi) is 11.4. The number of oxazole rings is 1. The molecule has 8 rings (SSSR count). The zero-order valence-electron chi connectivity index (χ0n) is 28.3. The summed E-state index contributed by atoms with van der Waals surface area (Å²) < 4.78 is 9.10. The highest BCUT2D eigenvalue weighted by Crippen LogP contribution is 2.29. The minimum atomic E-state index is 0.639. The number of rotatable bonds is 6. The predicted molar refractivity (Wildman–Crippen MR) is 217 cm³/mol. The van der Waals surface area contributed by atoms with Crippen molar-refractivity contribution >= 4 is 90.4 Å². The lowest BCUT2D eigenvalue weighted by molar-refractivity contribution is 0.523. The molecule has 3 aromatic heterocycles. The number of hydrogen-bond donors (Lipinski definition) is 1. The molecule has 0 N–H and O–H groups in total. The normalized spacial score (nSPS) is 11.5. The Morgan fingerprint density at radius 3 is 1.56 bits per heavy atom. The number of aromatic nitrogens is 3. The van der Waals surface area contributed by atoms with Crippen LogP contribution in [0.4, 0.5) is 0 Å². The second-order valence-electron chi connectivity index (χ2n) is 11.6. The lowest BCUT2D eigenvalue weighted by Crippen LogP contribution is -2.10. The molecular weight excluding hydrogens is 675 g/mol. The third-order valence-corrected chi connectivity index (χ3v) is 9.75. The van der Waals surface area contributed by atoms with Crippen LogP contribution in [-0.4, -0.2) is 52.9 Å². The second kappa shape index (κ2) is 16.5. The summed E-state index contributed by atoms with van der Waals surface area (Å²) in [4.78, 5) is 17.6. The Bertz CT molecular complexity index is 2130. The van der Waals surface area contributed by atoms with Crippen LogP contribution >= 0.6 is 35.3 Å². The van der Waals surface area contributed by atoms with E-state index in [1.165, 1.54) is 15.0 Å². The number of para-hydroxylation sites is 4. The van der Waals surface area contributed by atoms with Gasteiger partial charge in [0.15, 0.2) is 5.58 Å². The van der Waals surface area contributed by atoms with E-state index in [2.05, 4.69) is 108 Å². The Labute approximate surface area is 306 Å². The number of nitrogens with zero attached hydrogens (tertiary/aromatic N) is 5. The monoisotopic (exact) mass is 711 g/mol. The first-order chi connectivity index (χ1) is 24.3. The Balaban J connectivity index is 0.000000137. The largest absolute Gasteiger partial charge is 0.435 e. The number of thiazole rings is 2. The molecule has 0 radical (unpaired) electrons. The summed E-state index contributed by atoms with van der Waals surface area (Å²) in [7, 11) is 8.09. The summed E-state index contributed by atoms with van der Waals surface area (Å²) in [6.07, 6.45) is 4.25. The smallest absolute Gasteiger partial charge is 0.243 e. The van der Waals surface area contributed by atoms with Gasteiger partial charge < -0.3 is 14.2 Å². The van der Waals surface area contributed by atoms with Crippen molar-refractivity contribution in [3.8, 4) is 0 Å². The van der Waals surface area contributed by atoms with Gasteiger partial charge in [-0.15, -0.1) is 35.3 Å². The molecule has 0 aliphatic carbocycles. The molecule has 0 atom stereocenters. The molecule has 250 valence electrons. The predicted octanol–water partition coefficient (Wildman–Crippen LogP) is 10.8. The fraction of sp³-hybridized carbons (Fsp3) is 0.0976. The number of hydrogen-bond acceptors (Lipinski definition) is 9. The third kappa shape index (κ3) is 8.87. The van der Waals surface area contributed by atoms with Gasteiger partial charge in [-0.3, -0.25) is 0 Å². The zero-order chi connectivity index (χ0) is 34.9. The third-order valence-electron chi connectivity index (χ3n) is 7.48. The van der Waals surface area contributed by atoms with Crippen LogP contribution in [0.1, 0.15) is 22.0 Å². The van der Waals surface area contributed by atoms with Gasteiger partial charge in [-0.05, 0) is 59.7 Å². The van der Waals surface area contributed by atoms with Gasteiger partial charge in [0.2, 0.25) is 5.89 Å². The van der Waals surface area contributed by atoms with E-state index in [1.807, 2.05) is 97.9 Å². The van der Waals surface area contributed by atoms with Crippen molar-refractivity contribution in [2.75, 3.05) is 28.2 Å². The molecule has 0 unspecified atom stereocenters. The summed E-state index contributed by atoms with van der Waals surface area (Å²) in [6.45, 7) is 0. The van der Waals surface area contributed by atoms with Crippen molar-refractivity contribution in [3.05, 3.63) is 155 Å². The lowest BCUT2D eigenvalue weighted by atomic mass is 10.2. The van der Waals surface area contributed by atoms with Gasteiger partial charge in [-0.2, -0.15) is 0 Å². The average Bonchev–Trinajstić information content (AvgIpc) is 3.86. The van der Waals surface area contributed by atoms with Gasteiger partial charge >= 0.3 is 0 Å². The maximum Gasteiger partial charge on any atom is 0.243 e. The summed E-state index contributed by atoms with van der Waals surface area (Å²) >= 11 is 7.49.